The second kappa shape index (κ2) is 10.9. The molecular weight excluding hydrogens is 390 g/mol. The Morgan fingerprint density at radius 3 is 2.48 bits per heavy atom. The van der Waals surface area contributed by atoms with E-state index in [1.807, 2.05) is 30.3 Å². The SMILES string of the molecule is O=C(CN(Cc1ccccc1)Cc1ccco1)NCC1(N2CCOCC2)CCCCC1. The molecule has 1 aromatic carbocycles. The normalized spacial score (nSPS) is 19.4. The van der Waals surface area contributed by atoms with Crippen LogP contribution in [0.4, 0.5) is 0 Å². The quantitative estimate of drug-likeness (QED) is 0.667. The van der Waals surface area contributed by atoms with E-state index >= 15 is 0 Å². The van der Waals surface area contributed by atoms with Gasteiger partial charge in [0.25, 0.3) is 0 Å². The predicted octanol–water partition coefficient (Wildman–Crippen LogP) is 3.43. The summed E-state index contributed by atoms with van der Waals surface area (Å²) >= 11 is 0. The standard InChI is InChI=1S/C25H35N3O3/c29-24(26-21-25(11-5-2-6-12-25)28-13-16-30-17-14-28)20-27(19-23-10-7-15-31-23)18-22-8-3-1-4-9-22/h1,3-4,7-10,15H,2,5-6,11-14,16-21H2,(H,26,29). The molecule has 168 valence electrons. The van der Waals surface area contributed by atoms with Gasteiger partial charge in [0, 0.05) is 31.7 Å². The number of nitrogens with zero attached hydrogens (tertiary/aromatic N) is 2. The average Bonchev–Trinajstić information content (AvgIpc) is 3.33. The third-order valence-electron chi connectivity index (χ3n) is 6.66. The molecule has 1 aromatic heterocycles. The van der Waals surface area contributed by atoms with E-state index in [9.17, 15) is 4.79 Å². The summed E-state index contributed by atoms with van der Waals surface area (Å²) in [5.74, 6) is 0.960. The molecule has 1 N–H and O–H groups in total. The number of hydrogen-bond donors (Lipinski definition) is 1. The monoisotopic (exact) mass is 425 g/mol. The van der Waals surface area contributed by atoms with Crippen molar-refractivity contribution in [2.24, 2.45) is 0 Å². The number of morpholine rings is 1. The Balaban J connectivity index is 1.37. The maximum Gasteiger partial charge on any atom is 0.234 e. The Labute approximate surface area is 185 Å². The lowest BCUT2D eigenvalue weighted by Crippen LogP contribution is -2.60. The van der Waals surface area contributed by atoms with Gasteiger partial charge in [-0.05, 0) is 30.5 Å². The van der Waals surface area contributed by atoms with E-state index in [1.165, 1.54) is 24.8 Å². The van der Waals surface area contributed by atoms with Crippen LogP contribution in [0.1, 0.15) is 43.4 Å². The Morgan fingerprint density at radius 1 is 1.00 bits per heavy atom. The number of carbonyl (C=O) groups is 1. The minimum absolute atomic E-state index is 0.0840. The highest BCUT2D eigenvalue weighted by Crippen LogP contribution is 2.33. The van der Waals surface area contributed by atoms with E-state index in [0.717, 1.165) is 51.4 Å². The molecule has 2 fully saturated rings. The molecule has 0 radical (unpaired) electrons. The first kappa shape index (κ1) is 22.1. The molecular formula is C25H35N3O3. The highest BCUT2D eigenvalue weighted by Gasteiger charge is 2.38. The first-order valence-electron chi connectivity index (χ1n) is 11.6. The molecule has 2 aliphatic rings. The third-order valence-corrected chi connectivity index (χ3v) is 6.66. The van der Waals surface area contributed by atoms with E-state index in [4.69, 9.17) is 9.15 Å². The Hall–Kier alpha value is -2.15. The molecule has 1 saturated heterocycles. The first-order valence-corrected chi connectivity index (χ1v) is 11.6. The molecule has 0 unspecified atom stereocenters. The molecule has 0 atom stereocenters. The minimum atomic E-state index is 0.0840. The lowest BCUT2D eigenvalue weighted by atomic mass is 9.79. The van der Waals surface area contributed by atoms with Gasteiger partial charge >= 0.3 is 0 Å². The van der Waals surface area contributed by atoms with Crippen LogP contribution >= 0.6 is 0 Å². The van der Waals surface area contributed by atoms with Crippen molar-refractivity contribution in [3.63, 3.8) is 0 Å². The maximum atomic E-state index is 13.0. The van der Waals surface area contributed by atoms with Gasteiger partial charge in [-0.15, -0.1) is 0 Å². The fourth-order valence-corrected chi connectivity index (χ4v) is 5.01. The zero-order valence-corrected chi connectivity index (χ0v) is 18.4. The highest BCUT2D eigenvalue weighted by atomic mass is 16.5. The van der Waals surface area contributed by atoms with Crippen molar-refractivity contribution >= 4 is 5.91 Å². The van der Waals surface area contributed by atoms with Crippen molar-refractivity contribution in [3.05, 3.63) is 60.1 Å². The summed E-state index contributed by atoms with van der Waals surface area (Å²) in [6.45, 7) is 5.93. The molecule has 0 bridgehead atoms. The zero-order chi connectivity index (χ0) is 21.4. The number of hydrogen-bond acceptors (Lipinski definition) is 5. The molecule has 2 heterocycles. The number of ether oxygens (including phenoxy) is 1. The Bertz CT molecular complexity index is 782. The molecule has 4 rings (SSSR count). The van der Waals surface area contributed by atoms with Gasteiger partial charge in [-0.3, -0.25) is 14.6 Å². The van der Waals surface area contributed by atoms with Crippen molar-refractivity contribution in [1.82, 2.24) is 15.1 Å². The van der Waals surface area contributed by atoms with Crippen molar-refractivity contribution in [2.45, 2.75) is 50.7 Å². The van der Waals surface area contributed by atoms with E-state index < -0.39 is 0 Å². The van der Waals surface area contributed by atoms with Crippen LogP contribution in [0.5, 0.6) is 0 Å². The summed E-state index contributed by atoms with van der Waals surface area (Å²) in [5, 5.41) is 3.29. The van der Waals surface area contributed by atoms with Crippen molar-refractivity contribution in [3.8, 4) is 0 Å². The Morgan fingerprint density at radius 2 is 1.77 bits per heavy atom. The van der Waals surface area contributed by atoms with Crippen molar-refractivity contribution < 1.29 is 13.9 Å². The molecule has 31 heavy (non-hydrogen) atoms. The largest absolute Gasteiger partial charge is 0.468 e. The molecule has 6 heteroatoms. The number of benzene rings is 1. The fraction of sp³-hybridized carbons (Fsp3) is 0.560. The molecule has 1 aliphatic heterocycles. The van der Waals surface area contributed by atoms with Gasteiger partial charge in [0.15, 0.2) is 0 Å². The van der Waals surface area contributed by atoms with Crippen molar-refractivity contribution in [2.75, 3.05) is 39.4 Å². The molecule has 6 nitrogen and oxygen atoms in total. The Kier molecular flexibility index (Phi) is 7.78. The lowest BCUT2D eigenvalue weighted by Gasteiger charge is -2.48. The van der Waals surface area contributed by atoms with Crippen LogP contribution in [0.3, 0.4) is 0 Å². The van der Waals surface area contributed by atoms with Crippen LogP contribution in [0.2, 0.25) is 0 Å². The third kappa shape index (κ3) is 6.19. The van der Waals surface area contributed by atoms with Gasteiger partial charge in [0.2, 0.25) is 5.91 Å². The van der Waals surface area contributed by atoms with Crippen LogP contribution in [0.25, 0.3) is 0 Å². The summed E-state index contributed by atoms with van der Waals surface area (Å²) in [6.07, 6.45) is 7.79. The summed E-state index contributed by atoms with van der Waals surface area (Å²) in [7, 11) is 0. The van der Waals surface area contributed by atoms with Gasteiger partial charge in [0.05, 0.1) is 32.6 Å². The average molecular weight is 426 g/mol. The van der Waals surface area contributed by atoms with E-state index in [1.54, 1.807) is 6.26 Å². The fourth-order valence-electron chi connectivity index (χ4n) is 5.01. The summed E-state index contributed by atoms with van der Waals surface area (Å²) in [6, 6.07) is 14.1. The number of carbonyl (C=O) groups excluding carboxylic acids is 1. The molecule has 2 aromatic rings. The van der Waals surface area contributed by atoms with Crippen LogP contribution in [0.15, 0.2) is 53.1 Å². The second-order valence-corrected chi connectivity index (χ2v) is 8.87. The van der Waals surface area contributed by atoms with Crippen LogP contribution in [-0.2, 0) is 22.6 Å². The second-order valence-electron chi connectivity index (χ2n) is 8.87. The van der Waals surface area contributed by atoms with Gasteiger partial charge in [-0.2, -0.15) is 0 Å². The summed E-state index contributed by atoms with van der Waals surface area (Å²) in [5.41, 5.74) is 1.28. The van der Waals surface area contributed by atoms with E-state index in [-0.39, 0.29) is 11.4 Å². The van der Waals surface area contributed by atoms with Crippen molar-refractivity contribution in [1.29, 1.82) is 0 Å². The van der Waals surface area contributed by atoms with E-state index in [0.29, 0.717) is 19.6 Å². The van der Waals surface area contributed by atoms with Gasteiger partial charge in [0.1, 0.15) is 5.76 Å². The number of amides is 1. The first-order chi connectivity index (χ1) is 15.2. The van der Waals surface area contributed by atoms with Crippen LogP contribution in [-0.4, -0.2) is 60.6 Å². The lowest BCUT2D eigenvalue weighted by molar-refractivity contribution is -0.123. The minimum Gasteiger partial charge on any atom is -0.468 e. The molecule has 1 saturated carbocycles. The van der Waals surface area contributed by atoms with Crippen LogP contribution < -0.4 is 5.32 Å². The summed E-state index contributed by atoms with van der Waals surface area (Å²) in [4.78, 5) is 17.7. The van der Waals surface area contributed by atoms with E-state index in [2.05, 4.69) is 27.2 Å². The van der Waals surface area contributed by atoms with Crippen LogP contribution in [0, 0.1) is 0 Å². The number of rotatable bonds is 9. The predicted molar refractivity (Wildman–Crippen MR) is 120 cm³/mol. The topological polar surface area (TPSA) is 58.0 Å². The highest BCUT2D eigenvalue weighted by molar-refractivity contribution is 5.78. The zero-order valence-electron chi connectivity index (χ0n) is 18.4. The van der Waals surface area contributed by atoms with Gasteiger partial charge in [-0.25, -0.2) is 0 Å². The molecule has 1 amide bonds. The number of furan rings is 1. The summed E-state index contributed by atoms with van der Waals surface area (Å²) < 4.78 is 11.1. The van der Waals surface area contributed by atoms with Gasteiger partial charge in [-0.1, -0.05) is 49.6 Å². The number of nitrogens with one attached hydrogen (secondary N) is 1. The molecule has 0 spiro atoms. The molecule has 1 aliphatic carbocycles. The maximum absolute atomic E-state index is 13.0. The smallest absolute Gasteiger partial charge is 0.234 e. The van der Waals surface area contributed by atoms with Gasteiger partial charge < -0.3 is 14.5 Å².